The van der Waals surface area contributed by atoms with Crippen molar-refractivity contribution >= 4 is 17.3 Å². The molecule has 2 aromatic rings. The van der Waals surface area contributed by atoms with Crippen LogP contribution in [0.3, 0.4) is 0 Å². The molecule has 0 radical (unpaired) electrons. The topological polar surface area (TPSA) is 90.4 Å². The Kier molecular flexibility index (Phi) is 4.33. The normalized spacial score (nSPS) is 10.2. The molecule has 2 rings (SSSR count). The van der Waals surface area contributed by atoms with Crippen molar-refractivity contribution in [1.82, 2.24) is 0 Å². The number of hydrogen-bond donors (Lipinski definition) is 3. The van der Waals surface area contributed by atoms with Crippen LogP contribution in [0.15, 0.2) is 36.4 Å². The van der Waals surface area contributed by atoms with Gasteiger partial charge in [-0.05, 0) is 48.9 Å². The quantitative estimate of drug-likeness (QED) is 0.735. The van der Waals surface area contributed by atoms with E-state index in [-0.39, 0.29) is 0 Å². The maximum absolute atomic E-state index is 11.2. The van der Waals surface area contributed by atoms with Crippen LogP contribution in [-0.2, 0) is 6.54 Å². The monoisotopic (exact) mass is 285 g/mol. The van der Waals surface area contributed by atoms with Crippen LogP contribution in [0.1, 0.15) is 21.5 Å². The Bertz CT molecular complexity index is 669. The molecule has 0 bridgehead atoms. The highest BCUT2D eigenvalue weighted by molar-refractivity contribution is 5.94. The van der Waals surface area contributed by atoms with E-state index in [9.17, 15) is 4.79 Å². The van der Waals surface area contributed by atoms with Crippen LogP contribution in [0.4, 0.5) is 11.4 Å². The van der Waals surface area contributed by atoms with Crippen LogP contribution in [0, 0.1) is 6.92 Å². The fourth-order valence-electron chi connectivity index (χ4n) is 2.18. The van der Waals surface area contributed by atoms with Crippen LogP contribution in [0.25, 0.3) is 0 Å². The van der Waals surface area contributed by atoms with Gasteiger partial charge in [0.15, 0.2) is 0 Å². The number of nitrogen functional groups attached to an aromatic ring is 1. The van der Waals surface area contributed by atoms with Gasteiger partial charge in [-0.25, -0.2) is 0 Å². The van der Waals surface area contributed by atoms with E-state index in [2.05, 4.69) is 5.32 Å². The number of nitrogens with two attached hydrogens (primary N) is 2. The van der Waals surface area contributed by atoms with Crippen molar-refractivity contribution in [1.29, 1.82) is 0 Å². The highest BCUT2D eigenvalue weighted by atomic mass is 16.5. The number of ether oxygens (including phenoxy) is 1. The molecule has 0 spiro atoms. The predicted octanol–water partition coefficient (Wildman–Crippen LogP) is 2.30. The highest BCUT2D eigenvalue weighted by Crippen LogP contribution is 2.23. The van der Waals surface area contributed by atoms with Gasteiger partial charge in [-0.15, -0.1) is 0 Å². The lowest BCUT2D eigenvalue weighted by molar-refractivity contribution is 0.1000. The molecule has 0 aliphatic rings. The Balaban J connectivity index is 2.15. The van der Waals surface area contributed by atoms with Crippen LogP contribution in [-0.4, -0.2) is 13.0 Å². The molecule has 5 heteroatoms. The van der Waals surface area contributed by atoms with Crippen LogP contribution < -0.4 is 21.5 Å². The molecular formula is C16H19N3O2. The first-order chi connectivity index (χ1) is 10.0. The molecule has 0 saturated carbocycles. The fourth-order valence-corrected chi connectivity index (χ4v) is 2.18. The molecule has 0 aliphatic heterocycles. The summed E-state index contributed by atoms with van der Waals surface area (Å²) in [5.41, 5.74) is 15.0. The second-order valence-electron chi connectivity index (χ2n) is 4.82. The first-order valence-electron chi connectivity index (χ1n) is 6.58. The molecule has 0 aromatic heterocycles. The highest BCUT2D eigenvalue weighted by Gasteiger charge is 2.07. The fraction of sp³-hybridized carbons (Fsp3) is 0.188. The van der Waals surface area contributed by atoms with Gasteiger partial charge in [-0.2, -0.15) is 0 Å². The molecule has 0 atom stereocenters. The van der Waals surface area contributed by atoms with E-state index in [0.29, 0.717) is 17.8 Å². The number of rotatable bonds is 5. The molecule has 110 valence electrons. The van der Waals surface area contributed by atoms with Gasteiger partial charge < -0.3 is 21.5 Å². The van der Waals surface area contributed by atoms with Crippen molar-refractivity contribution in [2.45, 2.75) is 13.5 Å². The number of anilines is 2. The molecular weight excluding hydrogens is 266 g/mol. The van der Waals surface area contributed by atoms with E-state index in [1.165, 1.54) is 0 Å². The van der Waals surface area contributed by atoms with Crippen LogP contribution >= 0.6 is 0 Å². The Hall–Kier alpha value is -2.69. The molecule has 0 aliphatic carbocycles. The molecule has 5 nitrogen and oxygen atoms in total. The van der Waals surface area contributed by atoms with Crippen molar-refractivity contribution in [2.24, 2.45) is 5.73 Å². The lowest BCUT2D eigenvalue weighted by atomic mass is 10.1. The zero-order valence-corrected chi connectivity index (χ0v) is 12.1. The second kappa shape index (κ2) is 6.17. The first-order valence-corrected chi connectivity index (χ1v) is 6.58. The standard InChI is InChI=1S/C16H19N3O2/c1-10-7-13(4-5-14(10)16(18)20)19-9-11-8-12(17)3-6-15(11)21-2/h3-8,19H,9,17H2,1-2H3,(H2,18,20). The third kappa shape index (κ3) is 3.45. The number of amides is 1. The Morgan fingerprint density at radius 2 is 2.00 bits per heavy atom. The molecule has 0 heterocycles. The average molecular weight is 285 g/mol. The molecule has 5 N–H and O–H groups in total. The van der Waals surface area contributed by atoms with Gasteiger partial charge in [0.05, 0.1) is 7.11 Å². The molecule has 0 saturated heterocycles. The minimum atomic E-state index is -0.420. The molecule has 0 unspecified atom stereocenters. The van der Waals surface area contributed by atoms with E-state index in [1.54, 1.807) is 19.2 Å². The largest absolute Gasteiger partial charge is 0.496 e. The molecule has 1 amide bonds. The van der Waals surface area contributed by atoms with Gasteiger partial charge in [-0.3, -0.25) is 4.79 Å². The summed E-state index contributed by atoms with van der Waals surface area (Å²) in [5, 5.41) is 3.28. The number of carbonyl (C=O) groups is 1. The van der Waals surface area contributed by atoms with Gasteiger partial charge in [0.1, 0.15) is 5.75 Å². The smallest absolute Gasteiger partial charge is 0.248 e. The van der Waals surface area contributed by atoms with Crippen molar-refractivity contribution in [3.63, 3.8) is 0 Å². The van der Waals surface area contributed by atoms with E-state index in [0.717, 1.165) is 22.6 Å². The lowest BCUT2D eigenvalue weighted by Crippen LogP contribution is -2.12. The Morgan fingerprint density at radius 1 is 1.24 bits per heavy atom. The SMILES string of the molecule is COc1ccc(N)cc1CNc1ccc(C(N)=O)c(C)c1. The number of methoxy groups -OCH3 is 1. The summed E-state index contributed by atoms with van der Waals surface area (Å²) in [6, 6.07) is 10.9. The van der Waals surface area contributed by atoms with E-state index >= 15 is 0 Å². The van der Waals surface area contributed by atoms with Gasteiger partial charge in [-0.1, -0.05) is 0 Å². The van der Waals surface area contributed by atoms with Gasteiger partial charge in [0.2, 0.25) is 5.91 Å². The third-order valence-corrected chi connectivity index (χ3v) is 3.28. The number of aryl methyl sites for hydroxylation is 1. The second-order valence-corrected chi connectivity index (χ2v) is 4.82. The molecule has 2 aromatic carbocycles. The Morgan fingerprint density at radius 3 is 2.62 bits per heavy atom. The summed E-state index contributed by atoms with van der Waals surface area (Å²) in [7, 11) is 1.63. The Labute approximate surface area is 123 Å². The summed E-state index contributed by atoms with van der Waals surface area (Å²) in [4.78, 5) is 11.2. The van der Waals surface area contributed by atoms with Gasteiger partial charge >= 0.3 is 0 Å². The zero-order chi connectivity index (χ0) is 15.4. The number of primary amides is 1. The van der Waals surface area contributed by atoms with Gasteiger partial charge in [0, 0.05) is 29.0 Å². The van der Waals surface area contributed by atoms with Crippen LogP contribution in [0.5, 0.6) is 5.75 Å². The maximum atomic E-state index is 11.2. The predicted molar refractivity (Wildman–Crippen MR) is 84.4 cm³/mol. The van der Waals surface area contributed by atoms with Crippen molar-refractivity contribution in [2.75, 3.05) is 18.2 Å². The van der Waals surface area contributed by atoms with Gasteiger partial charge in [0.25, 0.3) is 0 Å². The summed E-state index contributed by atoms with van der Waals surface area (Å²) in [6.07, 6.45) is 0. The number of nitrogens with one attached hydrogen (secondary N) is 1. The van der Waals surface area contributed by atoms with Crippen molar-refractivity contribution in [3.05, 3.63) is 53.1 Å². The maximum Gasteiger partial charge on any atom is 0.248 e. The third-order valence-electron chi connectivity index (χ3n) is 3.28. The minimum Gasteiger partial charge on any atom is -0.496 e. The minimum absolute atomic E-state index is 0.420. The van der Waals surface area contributed by atoms with E-state index in [1.807, 2.05) is 31.2 Å². The van der Waals surface area contributed by atoms with E-state index in [4.69, 9.17) is 16.2 Å². The summed E-state index contributed by atoms with van der Waals surface area (Å²) < 4.78 is 5.31. The van der Waals surface area contributed by atoms with Crippen molar-refractivity contribution in [3.8, 4) is 5.75 Å². The summed E-state index contributed by atoms with van der Waals surface area (Å²) in [5.74, 6) is 0.360. The lowest BCUT2D eigenvalue weighted by Gasteiger charge is -2.12. The zero-order valence-electron chi connectivity index (χ0n) is 12.1. The van der Waals surface area contributed by atoms with Crippen LogP contribution in [0.2, 0.25) is 0 Å². The summed E-state index contributed by atoms with van der Waals surface area (Å²) >= 11 is 0. The van der Waals surface area contributed by atoms with E-state index < -0.39 is 5.91 Å². The summed E-state index contributed by atoms with van der Waals surface area (Å²) in [6.45, 7) is 2.43. The number of hydrogen-bond acceptors (Lipinski definition) is 4. The van der Waals surface area contributed by atoms with Crippen molar-refractivity contribution < 1.29 is 9.53 Å². The number of carbonyl (C=O) groups excluding carboxylic acids is 1. The molecule has 0 fully saturated rings. The average Bonchev–Trinajstić information content (AvgIpc) is 2.45. The first kappa shape index (κ1) is 14.7. The molecule has 21 heavy (non-hydrogen) atoms. The number of benzene rings is 2.